The van der Waals surface area contributed by atoms with Crippen LogP contribution < -0.4 is 4.90 Å². The van der Waals surface area contributed by atoms with Crippen LogP contribution in [0.2, 0.25) is 0 Å². The molecule has 0 unspecified atom stereocenters. The molecule has 1 aliphatic carbocycles. The Morgan fingerprint density at radius 3 is 2.00 bits per heavy atom. The molecule has 8 nitrogen and oxygen atoms in total. The quantitative estimate of drug-likeness (QED) is 0.0748. The zero-order valence-electron chi connectivity index (χ0n) is 33.1. The average molecular weight is 827 g/mol. The molecule has 0 saturated heterocycles. The van der Waals surface area contributed by atoms with Gasteiger partial charge in [-0.25, -0.2) is 16.8 Å². The van der Waals surface area contributed by atoms with Gasteiger partial charge < -0.3 is 14.0 Å². The summed E-state index contributed by atoms with van der Waals surface area (Å²) in [5.41, 5.74) is 8.17. The summed E-state index contributed by atoms with van der Waals surface area (Å²) >= 11 is 7.28. The minimum atomic E-state index is -4.29. The van der Waals surface area contributed by atoms with Crippen LogP contribution in [0.15, 0.2) is 119 Å². The van der Waals surface area contributed by atoms with Crippen molar-refractivity contribution >= 4 is 70.5 Å². The summed E-state index contributed by atoms with van der Waals surface area (Å²) in [7, 11) is -8.57. The summed E-state index contributed by atoms with van der Waals surface area (Å²) in [6, 6.07) is 25.3. The topological polar surface area (TPSA) is 121 Å². The average Bonchev–Trinajstić information content (AvgIpc) is 3.51. The van der Waals surface area contributed by atoms with Gasteiger partial charge in [0.2, 0.25) is 5.69 Å². The number of halogens is 1. The Balaban J connectivity index is 1.24. The van der Waals surface area contributed by atoms with Crippen LogP contribution in [0.5, 0.6) is 0 Å². The van der Waals surface area contributed by atoms with Gasteiger partial charge in [0.1, 0.15) is 6.54 Å². The molecule has 0 N–H and O–H groups in total. The van der Waals surface area contributed by atoms with Crippen LogP contribution in [-0.2, 0) is 31.1 Å². The molecule has 2 aliphatic heterocycles. The van der Waals surface area contributed by atoms with E-state index >= 15 is 0 Å². The number of nitrogens with zero attached hydrogens (tertiary/aromatic N) is 2. The highest BCUT2D eigenvalue weighted by atomic mass is 35.5. The highest BCUT2D eigenvalue weighted by molar-refractivity contribution is 7.85. The number of anilines is 1. The fourth-order valence-electron chi connectivity index (χ4n) is 9.22. The predicted molar refractivity (Wildman–Crippen MR) is 231 cm³/mol. The lowest BCUT2D eigenvalue weighted by Gasteiger charge is -2.27. The minimum absolute atomic E-state index is 0.293. The van der Waals surface area contributed by atoms with Crippen molar-refractivity contribution in [3.63, 3.8) is 0 Å². The fourth-order valence-corrected chi connectivity index (χ4v) is 10.6. The molecule has 0 radical (unpaired) electrons. The van der Waals surface area contributed by atoms with E-state index < -0.39 is 20.2 Å². The zero-order chi connectivity index (χ0) is 40.8. The summed E-state index contributed by atoms with van der Waals surface area (Å²) in [5, 5.41) is 5.40. The van der Waals surface area contributed by atoms with Crippen molar-refractivity contribution in [1.82, 2.24) is 0 Å². The smallest absolute Gasteiger partial charge is 0.210 e. The summed E-state index contributed by atoms with van der Waals surface area (Å²) in [6.45, 7) is 10.1. The number of unbranched alkanes of at least 4 members (excludes halogenated alkanes) is 2. The Morgan fingerprint density at radius 2 is 1.33 bits per heavy atom. The molecule has 0 aromatic heterocycles. The van der Waals surface area contributed by atoms with Gasteiger partial charge >= 0.3 is 0 Å². The van der Waals surface area contributed by atoms with Crippen LogP contribution in [0.3, 0.4) is 0 Å². The molecule has 0 amide bonds. The normalized spacial score (nSPS) is 19.5. The first-order chi connectivity index (χ1) is 27.0. The highest BCUT2D eigenvalue weighted by Gasteiger charge is 2.45. The molecule has 0 bridgehead atoms. The monoisotopic (exact) mass is 825 g/mol. The van der Waals surface area contributed by atoms with E-state index in [4.69, 9.17) is 11.6 Å². The van der Waals surface area contributed by atoms with E-state index in [1.165, 1.54) is 21.9 Å². The van der Waals surface area contributed by atoms with Gasteiger partial charge in [-0.1, -0.05) is 92.2 Å². The fraction of sp³-hybridized carbons (Fsp3) is 0.370. The molecule has 2 heterocycles. The van der Waals surface area contributed by atoms with Crippen LogP contribution >= 0.6 is 11.6 Å². The van der Waals surface area contributed by atoms with Crippen molar-refractivity contribution in [3.05, 3.63) is 130 Å². The summed E-state index contributed by atoms with van der Waals surface area (Å²) in [5.74, 6) is -0.756. The molecule has 0 saturated carbocycles. The zero-order valence-corrected chi connectivity index (χ0v) is 35.4. The predicted octanol–water partition coefficient (Wildman–Crippen LogP) is 9.86. The Morgan fingerprint density at radius 1 is 0.719 bits per heavy atom. The maximum Gasteiger partial charge on any atom is 0.210 e. The Kier molecular flexibility index (Phi) is 11.5. The number of hydrogen-bond acceptors (Lipinski definition) is 7. The Hall–Kier alpha value is -4.06. The van der Waals surface area contributed by atoms with Crippen LogP contribution in [0.25, 0.3) is 21.5 Å². The third-order valence-corrected chi connectivity index (χ3v) is 14.0. The maximum absolute atomic E-state index is 11.4. The van der Waals surface area contributed by atoms with Gasteiger partial charge in [0.05, 0.1) is 25.7 Å². The van der Waals surface area contributed by atoms with Gasteiger partial charge in [-0.3, -0.25) is 0 Å². The minimum Gasteiger partial charge on any atom is -0.748 e. The van der Waals surface area contributed by atoms with Crippen LogP contribution in [0.4, 0.5) is 11.4 Å². The van der Waals surface area contributed by atoms with E-state index in [9.17, 15) is 25.9 Å². The molecule has 300 valence electrons. The largest absolute Gasteiger partial charge is 0.748 e. The lowest BCUT2D eigenvalue weighted by molar-refractivity contribution is -0.438. The van der Waals surface area contributed by atoms with Crippen molar-refractivity contribution in [2.24, 2.45) is 0 Å². The second-order valence-electron chi connectivity index (χ2n) is 16.5. The van der Waals surface area contributed by atoms with Crippen molar-refractivity contribution < 1.29 is 30.5 Å². The van der Waals surface area contributed by atoms with Crippen LogP contribution in [-0.4, -0.2) is 60.8 Å². The van der Waals surface area contributed by atoms with Gasteiger partial charge in [0.25, 0.3) is 0 Å². The molecule has 0 fully saturated rings. The maximum atomic E-state index is 11.4. The SMILES string of the molecule is CC1(C)C(=CC=C2CCCC(C=CC3=[N+](CCCCS(=O)(=O)[O-])c4ccc5ccccc5c4C3(C)C)=C2Cl)N(CCCCS(=O)(=O)[O-])c2ccc3ccccc3c21. The van der Waals surface area contributed by atoms with E-state index in [-0.39, 0.29) is 22.3 Å². The first kappa shape index (κ1) is 41.1. The van der Waals surface area contributed by atoms with Gasteiger partial charge in [0, 0.05) is 64.0 Å². The first-order valence-corrected chi connectivity index (χ1v) is 23.3. The molecule has 11 heteroatoms. The molecule has 7 rings (SSSR count). The third-order valence-electron chi connectivity index (χ3n) is 11.9. The molecule has 0 atom stereocenters. The van der Waals surface area contributed by atoms with Crippen molar-refractivity contribution in [1.29, 1.82) is 0 Å². The molecule has 57 heavy (non-hydrogen) atoms. The number of benzene rings is 4. The molecule has 4 aromatic carbocycles. The first-order valence-electron chi connectivity index (χ1n) is 19.8. The summed E-state index contributed by atoms with van der Waals surface area (Å²) in [4.78, 5) is 2.28. The molecule has 3 aliphatic rings. The second kappa shape index (κ2) is 15.9. The Labute approximate surface area is 342 Å². The van der Waals surface area contributed by atoms with Crippen molar-refractivity contribution in [2.75, 3.05) is 29.5 Å². The van der Waals surface area contributed by atoms with E-state index in [2.05, 4.69) is 122 Å². The van der Waals surface area contributed by atoms with Gasteiger partial charge in [-0.15, -0.1) is 0 Å². The van der Waals surface area contributed by atoms with Gasteiger partial charge in [-0.2, -0.15) is 4.58 Å². The highest BCUT2D eigenvalue weighted by Crippen LogP contribution is 2.51. The second-order valence-corrected chi connectivity index (χ2v) is 19.9. The van der Waals surface area contributed by atoms with E-state index in [1.54, 1.807) is 0 Å². The third kappa shape index (κ3) is 8.43. The van der Waals surface area contributed by atoms with Crippen molar-refractivity contribution in [2.45, 2.75) is 83.5 Å². The lowest BCUT2D eigenvalue weighted by Crippen LogP contribution is -2.28. The summed E-state index contributed by atoms with van der Waals surface area (Å²) in [6.07, 6.45) is 12.9. The van der Waals surface area contributed by atoms with Gasteiger partial charge in [0.15, 0.2) is 5.71 Å². The van der Waals surface area contributed by atoms with E-state index in [1.807, 2.05) is 12.1 Å². The van der Waals surface area contributed by atoms with Crippen molar-refractivity contribution in [3.8, 4) is 0 Å². The van der Waals surface area contributed by atoms with Gasteiger partial charge in [-0.05, 0) is 109 Å². The standard InChI is InChI=1S/C46H51ClN2O6S2/c1-45(2)40(48(28-9-11-30-56(50,51)52)38-24-20-32-14-5-7-18-36(32)42(38)45)26-22-34-16-13-17-35(44(34)47)23-27-41-46(3,4)43-37-19-8-6-15-33(37)21-25-39(43)49(41)29-10-12-31-57(53,54)55/h5-8,14-15,18-27H,9-13,16-17,28-31H2,1-4H3,(H-,50,51,52,53,54,55)/p-1. The molecular weight excluding hydrogens is 776 g/mol. The van der Waals surface area contributed by atoms with Crippen LogP contribution in [0.1, 0.15) is 83.8 Å². The van der Waals surface area contributed by atoms with Crippen LogP contribution in [0, 0.1) is 0 Å². The molecule has 4 aromatic rings. The van der Waals surface area contributed by atoms with E-state index in [0.29, 0.717) is 38.8 Å². The summed E-state index contributed by atoms with van der Waals surface area (Å²) < 4.78 is 70.6. The Bertz CT molecular complexity index is 2640. The number of allylic oxidation sites excluding steroid dienone is 8. The number of hydrogen-bond donors (Lipinski definition) is 0. The number of rotatable bonds is 13. The van der Waals surface area contributed by atoms with E-state index in [0.717, 1.165) is 69.0 Å². The number of fused-ring (bicyclic) bond motifs is 6. The molecule has 0 spiro atoms. The lowest BCUT2D eigenvalue weighted by atomic mass is 9.78. The molecular formula is C46H50ClN2O6S2-.